The Kier molecular flexibility index (Phi) is 11.0. The Hall–Kier alpha value is -3.50. The summed E-state index contributed by atoms with van der Waals surface area (Å²) in [5.41, 5.74) is -0.690. The third kappa shape index (κ3) is 8.76. The zero-order valence-corrected chi connectivity index (χ0v) is 24.9. The van der Waals surface area contributed by atoms with Crippen molar-refractivity contribution in [3.05, 3.63) is 92.5 Å². The quantitative estimate of drug-likeness (QED) is 0.158. The highest BCUT2D eigenvalue weighted by Crippen LogP contribution is 2.39. The van der Waals surface area contributed by atoms with E-state index in [9.17, 15) is 36.3 Å². The molecule has 0 spiro atoms. The summed E-state index contributed by atoms with van der Waals surface area (Å²) in [5.74, 6) is -2.28. The molecule has 230 valence electrons. The van der Waals surface area contributed by atoms with Crippen LogP contribution in [0.4, 0.5) is 27.6 Å². The lowest BCUT2D eigenvalue weighted by atomic mass is 9.84. The van der Waals surface area contributed by atoms with Gasteiger partial charge >= 0.3 is 6.18 Å². The number of amides is 1. The van der Waals surface area contributed by atoms with Gasteiger partial charge in [0.05, 0.1) is 10.6 Å². The van der Waals surface area contributed by atoms with Gasteiger partial charge in [0.2, 0.25) is 0 Å². The highest BCUT2D eigenvalue weighted by molar-refractivity contribution is 6.34. The Morgan fingerprint density at radius 3 is 2.21 bits per heavy atom. The molecule has 0 aliphatic rings. The maximum absolute atomic E-state index is 13.2. The molecule has 0 heterocycles. The van der Waals surface area contributed by atoms with Crippen LogP contribution in [0.1, 0.15) is 57.7 Å². The van der Waals surface area contributed by atoms with Crippen LogP contribution in [0.2, 0.25) is 10.0 Å². The highest BCUT2D eigenvalue weighted by atomic mass is 35.5. The Bertz CT molecular complexity index is 1520. The van der Waals surface area contributed by atoms with Crippen LogP contribution in [0.5, 0.6) is 5.75 Å². The Morgan fingerprint density at radius 2 is 1.56 bits per heavy atom. The normalized spacial score (nSPS) is 11.9. The third-order valence-corrected chi connectivity index (χ3v) is 7.41. The van der Waals surface area contributed by atoms with E-state index in [1.54, 1.807) is 19.1 Å². The lowest BCUT2D eigenvalue weighted by Gasteiger charge is -2.26. The summed E-state index contributed by atoms with van der Waals surface area (Å²) in [4.78, 5) is 38.7. The van der Waals surface area contributed by atoms with Crippen molar-refractivity contribution in [3.8, 4) is 5.75 Å². The molecule has 0 saturated carbocycles. The minimum Gasteiger partial charge on any atom is -0.487 e. The maximum Gasteiger partial charge on any atom is 0.400 e. The van der Waals surface area contributed by atoms with Gasteiger partial charge < -0.3 is 10.1 Å². The summed E-state index contributed by atoms with van der Waals surface area (Å²) >= 11 is 12.3. The van der Waals surface area contributed by atoms with Crippen molar-refractivity contribution in [3.63, 3.8) is 0 Å². The second-order valence-electron chi connectivity index (χ2n) is 10.4. The zero-order valence-electron chi connectivity index (χ0n) is 23.4. The van der Waals surface area contributed by atoms with Gasteiger partial charge in [-0.3, -0.25) is 14.4 Å². The number of ketones is 2. The number of carbonyl (C=O) groups excluding carboxylic acids is 3. The van der Waals surface area contributed by atoms with Crippen molar-refractivity contribution in [1.29, 1.82) is 0 Å². The molecule has 0 radical (unpaired) electrons. The molecule has 3 aromatic rings. The van der Waals surface area contributed by atoms with E-state index in [2.05, 4.69) is 5.32 Å². The van der Waals surface area contributed by atoms with Crippen LogP contribution in [-0.2, 0) is 17.6 Å². The van der Waals surface area contributed by atoms with Gasteiger partial charge in [-0.05, 0) is 80.3 Å². The molecular formula is C31H28Cl2F5NO4. The number of anilines is 1. The lowest BCUT2D eigenvalue weighted by Crippen LogP contribution is -2.39. The molecule has 0 aromatic heterocycles. The second kappa shape index (κ2) is 13.9. The van der Waals surface area contributed by atoms with E-state index < -0.39 is 48.5 Å². The predicted molar refractivity (Wildman–Crippen MR) is 155 cm³/mol. The number of benzene rings is 3. The van der Waals surface area contributed by atoms with Gasteiger partial charge in [-0.1, -0.05) is 41.4 Å². The van der Waals surface area contributed by atoms with Crippen molar-refractivity contribution < 1.29 is 41.1 Å². The smallest absolute Gasteiger partial charge is 0.400 e. The monoisotopic (exact) mass is 643 g/mol. The number of aryl methyl sites for hydroxylation is 2. The molecule has 1 N–H and O–H groups in total. The highest BCUT2D eigenvalue weighted by Gasteiger charge is 2.51. The first-order chi connectivity index (χ1) is 20.0. The Labute approximate surface area is 255 Å². The molecule has 12 heteroatoms. The molecule has 0 unspecified atom stereocenters. The van der Waals surface area contributed by atoms with Crippen LogP contribution in [0, 0.1) is 12.3 Å². The first kappa shape index (κ1) is 34.0. The summed E-state index contributed by atoms with van der Waals surface area (Å²) < 4.78 is 70.5. The topological polar surface area (TPSA) is 72.5 Å². The van der Waals surface area contributed by atoms with Crippen molar-refractivity contribution >= 4 is 46.4 Å². The number of nitrogens with one attached hydrogen (secondary N) is 1. The molecule has 1 amide bonds. The molecule has 43 heavy (non-hydrogen) atoms. The van der Waals surface area contributed by atoms with Crippen LogP contribution in [0.3, 0.4) is 0 Å². The fourth-order valence-electron chi connectivity index (χ4n) is 4.01. The fraction of sp³-hybridized carbons (Fsp3) is 0.323. The van der Waals surface area contributed by atoms with Gasteiger partial charge in [-0.2, -0.15) is 13.2 Å². The Morgan fingerprint density at radius 1 is 0.907 bits per heavy atom. The van der Waals surface area contributed by atoms with E-state index in [-0.39, 0.29) is 34.7 Å². The standard InChI is InChI=1S/C31H28Cl2F5NO4/c1-17-4-8-20(32)15-24(17)39-29(42)22-13-19(6-10-26(22)43-16-28(34)35)14-25(40)21-12-18(5-9-23(21)33)7-11-27(41)30(2,3)31(36,37)38/h4-6,8-10,12-13,15,28H,7,11,14,16H2,1-3H3,(H,39,42). The van der Waals surface area contributed by atoms with Gasteiger partial charge in [0.15, 0.2) is 5.78 Å². The number of hydrogen-bond acceptors (Lipinski definition) is 4. The van der Waals surface area contributed by atoms with Gasteiger partial charge in [0.1, 0.15) is 23.6 Å². The van der Waals surface area contributed by atoms with E-state index in [0.717, 1.165) is 13.8 Å². The summed E-state index contributed by atoms with van der Waals surface area (Å²) in [6.45, 7) is 2.42. The average Bonchev–Trinajstić information content (AvgIpc) is 2.92. The van der Waals surface area contributed by atoms with Crippen LogP contribution < -0.4 is 10.1 Å². The molecule has 3 rings (SSSR count). The first-order valence-corrected chi connectivity index (χ1v) is 13.8. The third-order valence-electron chi connectivity index (χ3n) is 6.84. The van der Waals surface area contributed by atoms with Crippen molar-refractivity contribution in [2.75, 3.05) is 11.9 Å². The second-order valence-corrected chi connectivity index (χ2v) is 11.2. The molecule has 0 fully saturated rings. The fourth-order valence-corrected chi connectivity index (χ4v) is 4.41. The predicted octanol–water partition coefficient (Wildman–Crippen LogP) is 8.71. The molecule has 0 atom stereocenters. The number of rotatable bonds is 12. The average molecular weight is 644 g/mol. The summed E-state index contributed by atoms with van der Waals surface area (Å²) in [6.07, 6.45) is -8.19. The van der Waals surface area contributed by atoms with E-state index in [4.69, 9.17) is 27.9 Å². The largest absolute Gasteiger partial charge is 0.487 e. The van der Waals surface area contributed by atoms with Crippen molar-refractivity contribution in [2.45, 2.75) is 52.6 Å². The molecule has 0 aliphatic heterocycles. The van der Waals surface area contributed by atoms with Crippen LogP contribution >= 0.6 is 23.2 Å². The molecule has 0 aliphatic carbocycles. The van der Waals surface area contributed by atoms with Crippen LogP contribution in [0.25, 0.3) is 0 Å². The molecule has 0 bridgehead atoms. The molecule has 5 nitrogen and oxygen atoms in total. The molecular weight excluding hydrogens is 616 g/mol. The SMILES string of the molecule is Cc1ccc(Cl)cc1NC(=O)c1cc(CC(=O)c2cc(CCC(=O)C(C)(C)C(F)(F)F)ccc2Cl)ccc1OCC(F)F. The van der Waals surface area contributed by atoms with E-state index >= 15 is 0 Å². The number of halogens is 7. The Balaban J connectivity index is 1.83. The summed E-state index contributed by atoms with van der Waals surface area (Å²) in [6, 6.07) is 13.3. The van der Waals surface area contributed by atoms with E-state index in [1.807, 2.05) is 0 Å². The van der Waals surface area contributed by atoms with Gasteiger partial charge in [-0.25, -0.2) is 8.78 Å². The summed E-state index contributed by atoms with van der Waals surface area (Å²) in [7, 11) is 0. The molecule has 0 saturated heterocycles. The number of Topliss-reactive ketones (excluding diaryl/α,β-unsaturated/α-hetero) is 2. The summed E-state index contributed by atoms with van der Waals surface area (Å²) in [5, 5.41) is 3.12. The van der Waals surface area contributed by atoms with Crippen LogP contribution in [0.15, 0.2) is 54.6 Å². The minimum absolute atomic E-state index is 0.0425. The number of carbonyl (C=O) groups is 3. The van der Waals surface area contributed by atoms with Gasteiger partial charge in [-0.15, -0.1) is 0 Å². The van der Waals surface area contributed by atoms with Gasteiger partial charge in [0.25, 0.3) is 12.3 Å². The number of hydrogen-bond donors (Lipinski definition) is 1. The molecule has 3 aromatic carbocycles. The lowest BCUT2D eigenvalue weighted by molar-refractivity contribution is -0.210. The zero-order chi connectivity index (χ0) is 32.1. The van der Waals surface area contributed by atoms with Crippen LogP contribution in [-0.4, -0.2) is 36.7 Å². The number of ether oxygens (including phenoxy) is 1. The minimum atomic E-state index is -4.70. The van der Waals surface area contributed by atoms with E-state index in [0.29, 0.717) is 27.4 Å². The maximum atomic E-state index is 13.2. The van der Waals surface area contributed by atoms with Crippen molar-refractivity contribution in [2.24, 2.45) is 5.41 Å². The first-order valence-electron chi connectivity index (χ1n) is 13.0. The van der Waals surface area contributed by atoms with Gasteiger partial charge in [0, 0.05) is 29.1 Å². The van der Waals surface area contributed by atoms with Crippen molar-refractivity contribution in [1.82, 2.24) is 0 Å². The van der Waals surface area contributed by atoms with E-state index in [1.165, 1.54) is 42.5 Å². The number of alkyl halides is 5.